The van der Waals surface area contributed by atoms with Crippen LogP contribution in [0, 0.1) is 10.1 Å². The number of amides is 1. The maximum absolute atomic E-state index is 12.2. The molecule has 0 spiro atoms. The number of nitro groups is 1. The van der Waals surface area contributed by atoms with Gasteiger partial charge in [-0.15, -0.1) is 0 Å². The number of hydrogen-bond donors (Lipinski definition) is 1. The predicted octanol–water partition coefficient (Wildman–Crippen LogP) is 3.66. The van der Waals surface area contributed by atoms with Crippen molar-refractivity contribution in [3.8, 4) is 0 Å². The minimum Gasteiger partial charge on any atom is -0.364 e. The number of nitrogens with one attached hydrogen (secondary N) is 1. The number of benzene rings is 2. The quantitative estimate of drug-likeness (QED) is 0.628. The van der Waals surface area contributed by atoms with E-state index in [2.05, 4.69) is 10.2 Å². The van der Waals surface area contributed by atoms with Gasteiger partial charge >= 0.3 is 0 Å². The van der Waals surface area contributed by atoms with Crippen LogP contribution in [0.3, 0.4) is 0 Å². The van der Waals surface area contributed by atoms with E-state index in [1.54, 1.807) is 19.2 Å². The van der Waals surface area contributed by atoms with Crippen molar-refractivity contribution in [3.63, 3.8) is 0 Å². The van der Waals surface area contributed by atoms with Crippen LogP contribution >= 0.6 is 11.8 Å². The maximum atomic E-state index is 12.2. The number of thioether (sulfide) groups is 1. The molecule has 2 aromatic carbocycles. The highest BCUT2D eigenvalue weighted by molar-refractivity contribution is 7.99. The molecule has 0 radical (unpaired) electrons. The molecule has 0 saturated carbocycles. The molecule has 0 aliphatic carbocycles. The highest BCUT2D eigenvalue weighted by Gasteiger charge is 2.24. The molecule has 1 aliphatic rings. The second-order valence-corrected chi connectivity index (χ2v) is 7.72. The van der Waals surface area contributed by atoms with E-state index in [-0.39, 0.29) is 22.4 Å². The summed E-state index contributed by atoms with van der Waals surface area (Å²) in [5.41, 5.74) is 3.08. The van der Waals surface area contributed by atoms with Gasteiger partial charge in [0, 0.05) is 49.2 Å². The molecule has 6 nitrogen and oxygen atoms in total. The fourth-order valence-electron chi connectivity index (χ4n) is 3.42. The molecule has 1 saturated heterocycles. The zero-order valence-corrected chi connectivity index (χ0v) is 16.3. The Hall–Kier alpha value is -2.54. The summed E-state index contributed by atoms with van der Waals surface area (Å²) in [6.45, 7) is 3.61. The smallest absolute Gasteiger partial charge is 0.292 e. The summed E-state index contributed by atoms with van der Waals surface area (Å²) < 4.78 is 0. The van der Waals surface area contributed by atoms with Crippen LogP contribution in [-0.2, 0) is 0 Å². The third-order valence-electron chi connectivity index (χ3n) is 4.95. The first kappa shape index (κ1) is 19.2. The maximum Gasteiger partial charge on any atom is 0.292 e. The van der Waals surface area contributed by atoms with Gasteiger partial charge in [0.2, 0.25) is 0 Å². The lowest BCUT2D eigenvalue weighted by molar-refractivity contribution is -0.384. The molecule has 1 heterocycles. The lowest BCUT2D eigenvalue weighted by Crippen LogP contribution is -2.32. The fourth-order valence-corrected chi connectivity index (χ4v) is 4.33. The molecule has 27 heavy (non-hydrogen) atoms. The number of carbonyl (C=O) groups is 1. The Morgan fingerprint density at radius 3 is 2.59 bits per heavy atom. The van der Waals surface area contributed by atoms with Crippen LogP contribution in [0.15, 0.2) is 42.5 Å². The number of anilines is 1. The first-order valence-electron chi connectivity index (χ1n) is 8.95. The molecular weight excluding hydrogens is 362 g/mol. The fraction of sp³-hybridized carbons (Fsp3) is 0.350. The number of nitro benzene ring substituents is 1. The average molecular weight is 385 g/mol. The Labute approximate surface area is 163 Å². The van der Waals surface area contributed by atoms with Crippen molar-refractivity contribution >= 4 is 29.0 Å². The zero-order valence-electron chi connectivity index (χ0n) is 15.5. The summed E-state index contributed by atoms with van der Waals surface area (Å²) in [4.78, 5) is 25.7. The Balaban J connectivity index is 1.99. The van der Waals surface area contributed by atoms with Gasteiger partial charge in [0.25, 0.3) is 11.6 Å². The lowest BCUT2D eigenvalue weighted by Gasteiger charge is -2.28. The zero-order chi connectivity index (χ0) is 19.4. The minimum atomic E-state index is -0.308. The molecule has 1 aliphatic heterocycles. The van der Waals surface area contributed by atoms with Crippen molar-refractivity contribution in [2.24, 2.45) is 0 Å². The summed E-state index contributed by atoms with van der Waals surface area (Å²) in [5, 5.41) is 14.4. The third-order valence-corrected chi connectivity index (χ3v) is 5.89. The van der Waals surface area contributed by atoms with E-state index >= 15 is 0 Å². The van der Waals surface area contributed by atoms with Crippen molar-refractivity contribution in [1.82, 2.24) is 5.32 Å². The van der Waals surface area contributed by atoms with Gasteiger partial charge in [0.05, 0.1) is 4.92 Å². The molecular formula is C20H23N3O3S. The van der Waals surface area contributed by atoms with Crippen LogP contribution in [-0.4, -0.2) is 42.5 Å². The minimum absolute atomic E-state index is 0.128. The largest absolute Gasteiger partial charge is 0.364 e. The third kappa shape index (κ3) is 4.08. The molecule has 3 rings (SSSR count). The van der Waals surface area contributed by atoms with Crippen LogP contribution < -0.4 is 10.2 Å². The standard InChI is InChI=1S/C20H23N3O3S/c1-14(16-5-3-4-6-17(16)20(24)21-2)15-7-8-18(19(13-15)23(25)26)22-9-11-27-12-10-22/h3-8,13-14H,9-12H2,1-2H3,(H,21,24). The first-order chi connectivity index (χ1) is 13.0. The molecule has 0 bridgehead atoms. The van der Waals surface area contributed by atoms with Crippen LogP contribution in [0.2, 0.25) is 0 Å². The molecule has 1 N–H and O–H groups in total. The summed E-state index contributed by atoms with van der Waals surface area (Å²) >= 11 is 1.87. The van der Waals surface area contributed by atoms with E-state index in [1.807, 2.05) is 49.0 Å². The second-order valence-electron chi connectivity index (χ2n) is 6.49. The Kier molecular flexibility index (Phi) is 6.01. The van der Waals surface area contributed by atoms with E-state index in [0.29, 0.717) is 11.3 Å². The molecule has 1 fully saturated rings. The summed E-state index contributed by atoms with van der Waals surface area (Å²) in [7, 11) is 1.60. The van der Waals surface area contributed by atoms with Crippen molar-refractivity contribution in [2.45, 2.75) is 12.8 Å². The Bertz CT molecular complexity index is 850. The molecule has 7 heteroatoms. The lowest BCUT2D eigenvalue weighted by atomic mass is 9.89. The first-order valence-corrected chi connectivity index (χ1v) is 10.1. The second kappa shape index (κ2) is 8.43. The molecule has 1 unspecified atom stereocenters. The van der Waals surface area contributed by atoms with Gasteiger partial charge < -0.3 is 10.2 Å². The van der Waals surface area contributed by atoms with Crippen LogP contribution in [0.4, 0.5) is 11.4 Å². The highest BCUT2D eigenvalue weighted by Crippen LogP contribution is 2.35. The van der Waals surface area contributed by atoms with Gasteiger partial charge in [-0.3, -0.25) is 14.9 Å². The van der Waals surface area contributed by atoms with Crippen LogP contribution in [0.1, 0.15) is 34.3 Å². The summed E-state index contributed by atoms with van der Waals surface area (Å²) in [6.07, 6.45) is 0. The number of nitrogens with zero attached hydrogens (tertiary/aromatic N) is 2. The van der Waals surface area contributed by atoms with Gasteiger partial charge in [-0.25, -0.2) is 0 Å². The van der Waals surface area contributed by atoms with E-state index in [9.17, 15) is 14.9 Å². The van der Waals surface area contributed by atoms with Crippen molar-refractivity contribution in [2.75, 3.05) is 36.5 Å². The number of hydrogen-bond acceptors (Lipinski definition) is 5. The molecule has 2 aromatic rings. The molecule has 1 amide bonds. The van der Waals surface area contributed by atoms with Crippen molar-refractivity contribution < 1.29 is 9.72 Å². The summed E-state index contributed by atoms with van der Waals surface area (Å²) in [5.74, 6) is 1.67. The van der Waals surface area contributed by atoms with E-state index in [1.165, 1.54) is 0 Å². The number of rotatable bonds is 5. The predicted molar refractivity (Wildman–Crippen MR) is 110 cm³/mol. The van der Waals surface area contributed by atoms with Gasteiger partial charge in [0.15, 0.2) is 0 Å². The van der Waals surface area contributed by atoms with Gasteiger partial charge in [-0.2, -0.15) is 11.8 Å². The Morgan fingerprint density at radius 1 is 1.22 bits per heavy atom. The summed E-state index contributed by atoms with van der Waals surface area (Å²) in [6, 6.07) is 12.8. The van der Waals surface area contributed by atoms with E-state index < -0.39 is 0 Å². The molecule has 142 valence electrons. The monoisotopic (exact) mass is 385 g/mol. The van der Waals surface area contributed by atoms with E-state index in [0.717, 1.165) is 35.7 Å². The van der Waals surface area contributed by atoms with Crippen molar-refractivity contribution in [1.29, 1.82) is 0 Å². The van der Waals surface area contributed by atoms with Gasteiger partial charge in [-0.1, -0.05) is 31.2 Å². The normalized spacial score (nSPS) is 15.3. The van der Waals surface area contributed by atoms with E-state index in [4.69, 9.17) is 0 Å². The van der Waals surface area contributed by atoms with Gasteiger partial charge in [-0.05, 0) is 23.3 Å². The highest BCUT2D eigenvalue weighted by atomic mass is 32.2. The van der Waals surface area contributed by atoms with Crippen LogP contribution in [0.5, 0.6) is 0 Å². The van der Waals surface area contributed by atoms with Crippen LogP contribution in [0.25, 0.3) is 0 Å². The van der Waals surface area contributed by atoms with Gasteiger partial charge in [0.1, 0.15) is 5.69 Å². The SMILES string of the molecule is CNC(=O)c1ccccc1C(C)c1ccc(N2CCSCC2)c([N+](=O)[O-])c1. The van der Waals surface area contributed by atoms with Crippen molar-refractivity contribution in [3.05, 3.63) is 69.3 Å². The Morgan fingerprint density at radius 2 is 1.93 bits per heavy atom. The molecule has 0 aromatic heterocycles. The topological polar surface area (TPSA) is 75.5 Å². The number of carbonyl (C=O) groups excluding carboxylic acids is 1. The average Bonchev–Trinajstić information content (AvgIpc) is 2.72. The molecule has 1 atom stereocenters.